The highest BCUT2D eigenvalue weighted by Gasteiger charge is 2.24. The molecule has 0 bridgehead atoms. The lowest BCUT2D eigenvalue weighted by molar-refractivity contribution is 0.0659. The quantitative estimate of drug-likeness (QED) is 0.922. The molecule has 1 aliphatic heterocycles. The Balaban J connectivity index is 0.00000192. The lowest BCUT2D eigenvalue weighted by Crippen LogP contribution is -2.41. The van der Waals surface area contributed by atoms with E-state index in [1.807, 2.05) is 40.0 Å². The van der Waals surface area contributed by atoms with E-state index in [1.165, 1.54) is 0 Å². The van der Waals surface area contributed by atoms with Crippen LogP contribution in [-0.4, -0.2) is 38.9 Å². The predicted molar refractivity (Wildman–Crippen MR) is 90.2 cm³/mol. The van der Waals surface area contributed by atoms with Gasteiger partial charge in [0.05, 0.1) is 6.20 Å². The van der Waals surface area contributed by atoms with Crippen molar-refractivity contribution in [2.24, 2.45) is 11.7 Å². The van der Waals surface area contributed by atoms with Crippen molar-refractivity contribution < 1.29 is 4.79 Å². The molecule has 6 nitrogen and oxygen atoms in total. The number of nitrogens with zero attached hydrogens (tertiary/aromatic N) is 4. The summed E-state index contributed by atoms with van der Waals surface area (Å²) in [5, 5.41) is 7.84. The largest absolute Gasteiger partial charge is 0.338 e. The van der Waals surface area contributed by atoms with Crippen LogP contribution in [0.2, 0.25) is 0 Å². The molecule has 1 fully saturated rings. The second kappa shape index (κ2) is 8.08. The zero-order chi connectivity index (χ0) is 15.4. The van der Waals surface area contributed by atoms with Gasteiger partial charge < -0.3 is 10.6 Å². The number of amides is 1. The van der Waals surface area contributed by atoms with E-state index in [0.29, 0.717) is 12.5 Å². The molecule has 1 saturated heterocycles. The molecule has 23 heavy (non-hydrogen) atoms. The molecule has 3 rings (SSSR count). The Morgan fingerprint density at radius 1 is 1.30 bits per heavy atom. The molecule has 1 atom stereocenters. The fraction of sp³-hybridized carbons (Fsp3) is 0.438. The van der Waals surface area contributed by atoms with Gasteiger partial charge in [-0.1, -0.05) is 17.3 Å². The molecular weight excluding hydrogens is 314 g/mol. The summed E-state index contributed by atoms with van der Waals surface area (Å²) in [6, 6.07) is 7.57. The number of halogens is 1. The van der Waals surface area contributed by atoms with Crippen molar-refractivity contribution in [3.8, 4) is 0 Å². The van der Waals surface area contributed by atoms with Gasteiger partial charge >= 0.3 is 0 Å². The van der Waals surface area contributed by atoms with Crippen molar-refractivity contribution in [2.75, 3.05) is 13.1 Å². The Labute approximate surface area is 142 Å². The first kappa shape index (κ1) is 17.4. The number of nitrogens with two attached hydrogens (primary N) is 1. The summed E-state index contributed by atoms with van der Waals surface area (Å²) in [4.78, 5) is 14.6. The van der Waals surface area contributed by atoms with E-state index in [4.69, 9.17) is 5.73 Å². The van der Waals surface area contributed by atoms with Gasteiger partial charge in [0, 0.05) is 37.9 Å². The maximum Gasteiger partial charge on any atom is 0.253 e. The molecule has 0 radical (unpaired) electrons. The Bertz CT molecular complexity index is 614. The zero-order valence-corrected chi connectivity index (χ0v) is 13.8. The monoisotopic (exact) mass is 335 g/mol. The average molecular weight is 336 g/mol. The maximum atomic E-state index is 12.6. The van der Waals surface area contributed by atoms with E-state index in [-0.39, 0.29) is 18.3 Å². The molecule has 7 heteroatoms. The van der Waals surface area contributed by atoms with Gasteiger partial charge in [-0.05, 0) is 36.5 Å². The first-order valence-electron chi connectivity index (χ1n) is 7.68. The number of carbonyl (C=O) groups excluding carboxylic acids is 1. The van der Waals surface area contributed by atoms with E-state index >= 15 is 0 Å². The molecule has 2 N–H and O–H groups in total. The van der Waals surface area contributed by atoms with Gasteiger partial charge in [0.1, 0.15) is 0 Å². The highest BCUT2D eigenvalue weighted by molar-refractivity contribution is 5.94. The fourth-order valence-electron chi connectivity index (χ4n) is 2.96. The van der Waals surface area contributed by atoms with Crippen LogP contribution in [0, 0.1) is 5.92 Å². The van der Waals surface area contributed by atoms with Crippen molar-refractivity contribution in [3.63, 3.8) is 0 Å². The summed E-state index contributed by atoms with van der Waals surface area (Å²) < 4.78 is 1.84. The fourth-order valence-corrected chi connectivity index (χ4v) is 2.96. The second-order valence-corrected chi connectivity index (χ2v) is 5.79. The number of benzene rings is 1. The van der Waals surface area contributed by atoms with E-state index in [1.54, 1.807) is 6.20 Å². The number of likely N-dealkylation sites (tertiary alicyclic amines) is 1. The third kappa shape index (κ3) is 4.30. The molecule has 2 aromatic rings. The van der Waals surface area contributed by atoms with Crippen LogP contribution in [-0.2, 0) is 13.1 Å². The Kier molecular flexibility index (Phi) is 6.12. The molecular formula is C16H22ClN5O. The number of rotatable bonds is 4. The van der Waals surface area contributed by atoms with Crippen LogP contribution in [0.5, 0.6) is 0 Å². The first-order chi connectivity index (χ1) is 10.8. The van der Waals surface area contributed by atoms with E-state index < -0.39 is 0 Å². The van der Waals surface area contributed by atoms with Crippen molar-refractivity contribution in [3.05, 3.63) is 47.8 Å². The molecule has 2 heterocycles. The van der Waals surface area contributed by atoms with Crippen LogP contribution < -0.4 is 5.73 Å². The maximum absolute atomic E-state index is 12.6. The van der Waals surface area contributed by atoms with Gasteiger partial charge in [-0.2, -0.15) is 0 Å². The van der Waals surface area contributed by atoms with Crippen LogP contribution in [0.15, 0.2) is 36.7 Å². The van der Waals surface area contributed by atoms with Crippen LogP contribution in [0.4, 0.5) is 0 Å². The van der Waals surface area contributed by atoms with Crippen LogP contribution >= 0.6 is 12.4 Å². The normalized spacial score (nSPS) is 17.6. The number of piperidine rings is 1. The van der Waals surface area contributed by atoms with E-state index in [9.17, 15) is 4.79 Å². The smallest absolute Gasteiger partial charge is 0.253 e. The van der Waals surface area contributed by atoms with Gasteiger partial charge in [-0.15, -0.1) is 17.5 Å². The Morgan fingerprint density at radius 3 is 2.74 bits per heavy atom. The van der Waals surface area contributed by atoms with Crippen molar-refractivity contribution in [1.29, 1.82) is 0 Å². The molecule has 124 valence electrons. The molecule has 1 amide bonds. The average Bonchev–Trinajstić information content (AvgIpc) is 3.07. The van der Waals surface area contributed by atoms with Crippen molar-refractivity contribution in [2.45, 2.75) is 25.9 Å². The summed E-state index contributed by atoms with van der Waals surface area (Å²) in [7, 11) is 0. The van der Waals surface area contributed by atoms with Crippen LogP contribution in [0.25, 0.3) is 0 Å². The minimum absolute atomic E-state index is 0. The highest BCUT2D eigenvalue weighted by Crippen LogP contribution is 2.20. The Hall–Kier alpha value is -1.92. The third-order valence-electron chi connectivity index (χ3n) is 4.16. The summed E-state index contributed by atoms with van der Waals surface area (Å²) in [6.07, 6.45) is 5.71. The topological polar surface area (TPSA) is 77.0 Å². The molecule has 1 aromatic heterocycles. The minimum Gasteiger partial charge on any atom is -0.338 e. The lowest BCUT2D eigenvalue weighted by Gasteiger charge is -2.32. The van der Waals surface area contributed by atoms with Crippen LogP contribution in [0.1, 0.15) is 28.8 Å². The van der Waals surface area contributed by atoms with Gasteiger partial charge in [-0.3, -0.25) is 9.48 Å². The highest BCUT2D eigenvalue weighted by atomic mass is 35.5. The third-order valence-corrected chi connectivity index (χ3v) is 4.16. The minimum atomic E-state index is 0. The molecule has 0 aliphatic carbocycles. The summed E-state index contributed by atoms with van der Waals surface area (Å²) in [5.41, 5.74) is 7.37. The van der Waals surface area contributed by atoms with Crippen molar-refractivity contribution >= 4 is 18.3 Å². The number of aromatic nitrogens is 3. The van der Waals surface area contributed by atoms with E-state index in [2.05, 4.69) is 10.3 Å². The van der Waals surface area contributed by atoms with Crippen molar-refractivity contribution in [1.82, 2.24) is 19.9 Å². The number of hydrogen-bond donors (Lipinski definition) is 1. The van der Waals surface area contributed by atoms with E-state index in [0.717, 1.165) is 43.6 Å². The van der Waals surface area contributed by atoms with Gasteiger partial charge in [0.25, 0.3) is 5.91 Å². The summed E-state index contributed by atoms with van der Waals surface area (Å²) in [6.45, 7) is 2.91. The predicted octanol–water partition coefficient (Wildman–Crippen LogP) is 1.71. The second-order valence-electron chi connectivity index (χ2n) is 5.79. The van der Waals surface area contributed by atoms with Gasteiger partial charge in [-0.25, -0.2) is 0 Å². The number of carbonyl (C=O) groups is 1. The molecule has 1 aromatic carbocycles. The van der Waals surface area contributed by atoms with Gasteiger partial charge in [0.15, 0.2) is 0 Å². The molecule has 0 saturated carbocycles. The number of hydrogen-bond acceptors (Lipinski definition) is 4. The zero-order valence-electron chi connectivity index (χ0n) is 13.0. The SMILES string of the molecule is Cl.NCc1ccc(C(=O)N2CCCC(Cn3ccnn3)C2)cc1. The molecule has 0 spiro atoms. The summed E-state index contributed by atoms with van der Waals surface area (Å²) in [5.74, 6) is 0.537. The standard InChI is InChI=1S/C16H21N5O.ClH/c17-10-13-3-5-15(6-4-13)16(22)20-8-1-2-14(11-20)12-21-9-7-18-19-21;/h3-7,9,14H,1-2,8,10-12,17H2;1H. The van der Waals surface area contributed by atoms with Crippen LogP contribution in [0.3, 0.4) is 0 Å². The molecule has 1 aliphatic rings. The molecule has 1 unspecified atom stereocenters. The first-order valence-corrected chi connectivity index (χ1v) is 7.68. The lowest BCUT2D eigenvalue weighted by atomic mass is 9.97. The summed E-state index contributed by atoms with van der Waals surface area (Å²) >= 11 is 0. The van der Waals surface area contributed by atoms with Gasteiger partial charge in [0.2, 0.25) is 0 Å². The Morgan fingerprint density at radius 2 is 2.09 bits per heavy atom.